The molecule has 1 heterocycles. The third-order valence-electron chi connectivity index (χ3n) is 2.08. The first-order valence-electron chi connectivity index (χ1n) is 4.43. The Morgan fingerprint density at radius 3 is 2.81 bits per heavy atom. The summed E-state index contributed by atoms with van der Waals surface area (Å²) in [5, 5.41) is 11.1. The van der Waals surface area contributed by atoms with E-state index in [9.17, 15) is 14.4 Å². The molecule has 1 aliphatic rings. The zero-order chi connectivity index (χ0) is 11.7. The van der Waals surface area contributed by atoms with Crippen LogP contribution in [-0.2, 0) is 9.59 Å². The summed E-state index contributed by atoms with van der Waals surface area (Å²) in [6.45, 7) is -0.225. The molecule has 0 saturated carbocycles. The highest BCUT2D eigenvalue weighted by atomic mass is 16.5. The Hall–Kier alpha value is -2.37. The van der Waals surface area contributed by atoms with Crippen molar-refractivity contribution in [3.05, 3.63) is 23.8 Å². The fourth-order valence-electron chi connectivity index (χ4n) is 1.41. The smallest absolute Gasteiger partial charge is 0.377 e. The van der Waals surface area contributed by atoms with E-state index in [1.165, 1.54) is 18.2 Å². The molecule has 16 heavy (non-hydrogen) atoms. The predicted molar refractivity (Wildman–Crippen MR) is 52.5 cm³/mol. The van der Waals surface area contributed by atoms with Crippen molar-refractivity contribution in [2.24, 2.45) is 0 Å². The molecule has 0 bridgehead atoms. The number of amides is 1. The maximum absolute atomic E-state index is 11.3. The predicted octanol–water partition coefficient (Wildman–Crippen LogP) is 0.285. The van der Waals surface area contributed by atoms with E-state index in [2.05, 4.69) is 5.32 Å². The van der Waals surface area contributed by atoms with Crippen molar-refractivity contribution in [3.8, 4) is 5.75 Å². The molecular weight excluding hydrogens is 214 g/mol. The molecule has 82 valence electrons. The van der Waals surface area contributed by atoms with Gasteiger partial charge in [0.2, 0.25) is 0 Å². The van der Waals surface area contributed by atoms with Gasteiger partial charge < -0.3 is 15.2 Å². The van der Waals surface area contributed by atoms with E-state index < -0.39 is 11.8 Å². The van der Waals surface area contributed by atoms with Crippen LogP contribution in [0.4, 0.5) is 5.69 Å². The summed E-state index contributed by atoms with van der Waals surface area (Å²) >= 11 is 0. The Morgan fingerprint density at radius 1 is 1.38 bits per heavy atom. The molecular formula is C10H7NO5. The van der Waals surface area contributed by atoms with Crippen molar-refractivity contribution in [2.75, 3.05) is 11.9 Å². The summed E-state index contributed by atoms with van der Waals surface area (Å²) in [4.78, 5) is 32.9. The van der Waals surface area contributed by atoms with Crippen LogP contribution in [0.25, 0.3) is 0 Å². The summed E-state index contributed by atoms with van der Waals surface area (Å²) in [6.07, 6.45) is 0. The van der Waals surface area contributed by atoms with Crippen LogP contribution in [-0.4, -0.2) is 29.4 Å². The summed E-state index contributed by atoms with van der Waals surface area (Å²) in [5.41, 5.74) is 0.244. The zero-order valence-corrected chi connectivity index (χ0v) is 8.02. The molecule has 0 aliphatic carbocycles. The van der Waals surface area contributed by atoms with Gasteiger partial charge in [0, 0.05) is 0 Å². The highest BCUT2D eigenvalue weighted by Crippen LogP contribution is 2.31. The molecule has 6 heteroatoms. The number of hydrogen-bond acceptors (Lipinski definition) is 4. The van der Waals surface area contributed by atoms with E-state index in [4.69, 9.17) is 9.84 Å². The first kappa shape index (κ1) is 10.2. The fraction of sp³-hybridized carbons (Fsp3) is 0.100. The molecule has 1 amide bonds. The molecule has 6 nitrogen and oxygen atoms in total. The molecule has 0 radical (unpaired) electrons. The lowest BCUT2D eigenvalue weighted by atomic mass is 10.1. The van der Waals surface area contributed by atoms with Gasteiger partial charge in [0.25, 0.3) is 11.7 Å². The van der Waals surface area contributed by atoms with Crippen LogP contribution in [0, 0.1) is 0 Å². The molecule has 1 aromatic rings. The number of carbonyl (C=O) groups excluding carboxylic acids is 2. The highest BCUT2D eigenvalue weighted by molar-refractivity contribution is 6.40. The first-order chi connectivity index (χ1) is 7.59. The second-order valence-corrected chi connectivity index (χ2v) is 3.15. The van der Waals surface area contributed by atoms with Crippen molar-refractivity contribution in [2.45, 2.75) is 0 Å². The van der Waals surface area contributed by atoms with Gasteiger partial charge in [0.15, 0.2) is 12.4 Å². The van der Waals surface area contributed by atoms with E-state index in [1.54, 1.807) is 0 Å². The molecule has 1 aromatic carbocycles. The van der Waals surface area contributed by atoms with E-state index in [0.29, 0.717) is 5.69 Å². The largest absolute Gasteiger partial charge is 0.481 e. The average Bonchev–Trinajstić information content (AvgIpc) is 2.26. The summed E-state index contributed by atoms with van der Waals surface area (Å²) < 4.78 is 5.04. The lowest BCUT2D eigenvalue weighted by Crippen LogP contribution is -2.27. The Morgan fingerprint density at radius 2 is 2.12 bits per heavy atom. The molecule has 0 spiro atoms. The summed E-state index contributed by atoms with van der Waals surface area (Å²) in [7, 11) is 0. The Kier molecular flexibility index (Phi) is 2.32. The number of anilines is 1. The van der Waals surface area contributed by atoms with Crippen molar-refractivity contribution < 1.29 is 24.2 Å². The number of fused-ring (bicyclic) bond motifs is 1. The lowest BCUT2D eigenvalue weighted by Gasteiger charge is -2.19. The topological polar surface area (TPSA) is 92.7 Å². The van der Waals surface area contributed by atoms with Gasteiger partial charge >= 0.3 is 5.97 Å². The molecule has 0 atom stereocenters. The molecule has 0 saturated heterocycles. The number of carboxylic acid groups (broad SMARTS) is 1. The number of carbonyl (C=O) groups is 3. The SMILES string of the molecule is O=C1COc2c(cccc2C(=O)C(=O)O)N1. The van der Waals surface area contributed by atoms with Gasteiger partial charge in [-0.2, -0.15) is 0 Å². The van der Waals surface area contributed by atoms with Crippen LogP contribution in [0.3, 0.4) is 0 Å². The number of Topliss-reactive ketones (excluding diaryl/α,β-unsaturated/α-hetero) is 1. The minimum absolute atomic E-state index is 0.0648. The van der Waals surface area contributed by atoms with Gasteiger partial charge in [-0.1, -0.05) is 6.07 Å². The molecule has 0 unspecified atom stereocenters. The lowest BCUT2D eigenvalue weighted by molar-refractivity contribution is -0.131. The second kappa shape index (κ2) is 3.65. The van der Waals surface area contributed by atoms with Gasteiger partial charge in [-0.25, -0.2) is 4.79 Å². The van der Waals surface area contributed by atoms with Gasteiger partial charge in [-0.15, -0.1) is 0 Å². The summed E-state index contributed by atoms with van der Waals surface area (Å²) in [5.74, 6) is -2.86. The highest BCUT2D eigenvalue weighted by Gasteiger charge is 2.25. The van der Waals surface area contributed by atoms with Gasteiger partial charge in [0.1, 0.15) is 0 Å². The minimum Gasteiger partial charge on any atom is -0.481 e. The van der Waals surface area contributed by atoms with Gasteiger partial charge in [-0.3, -0.25) is 9.59 Å². The van der Waals surface area contributed by atoms with Crippen molar-refractivity contribution >= 4 is 23.3 Å². The normalized spacial score (nSPS) is 13.4. The fourth-order valence-corrected chi connectivity index (χ4v) is 1.41. The summed E-state index contributed by atoms with van der Waals surface area (Å²) in [6, 6.07) is 4.35. The average molecular weight is 221 g/mol. The number of ketones is 1. The molecule has 2 N–H and O–H groups in total. The third kappa shape index (κ3) is 1.60. The van der Waals surface area contributed by atoms with Crippen molar-refractivity contribution in [1.29, 1.82) is 0 Å². The van der Waals surface area contributed by atoms with Crippen LogP contribution < -0.4 is 10.1 Å². The number of para-hydroxylation sites is 1. The van der Waals surface area contributed by atoms with Gasteiger partial charge in [0.05, 0.1) is 11.3 Å². The zero-order valence-electron chi connectivity index (χ0n) is 8.02. The maximum Gasteiger partial charge on any atom is 0.377 e. The van der Waals surface area contributed by atoms with Gasteiger partial charge in [-0.05, 0) is 12.1 Å². The van der Waals surface area contributed by atoms with Crippen LogP contribution in [0.1, 0.15) is 10.4 Å². The molecule has 0 fully saturated rings. The van der Waals surface area contributed by atoms with E-state index in [1.807, 2.05) is 0 Å². The van der Waals surface area contributed by atoms with Crippen LogP contribution in [0.5, 0.6) is 5.75 Å². The van der Waals surface area contributed by atoms with E-state index in [0.717, 1.165) is 0 Å². The molecule has 2 rings (SSSR count). The Labute approximate surface area is 89.8 Å². The standard InChI is InChI=1S/C10H7NO5/c12-7-4-16-9-5(8(13)10(14)15)2-1-3-6(9)11-7/h1-3H,4H2,(H,11,12)(H,14,15). The number of carboxylic acids is 1. The van der Waals surface area contributed by atoms with Crippen molar-refractivity contribution in [3.63, 3.8) is 0 Å². The Balaban J connectivity index is 2.49. The number of aliphatic carboxylic acids is 1. The number of ether oxygens (including phenoxy) is 1. The second-order valence-electron chi connectivity index (χ2n) is 3.15. The monoisotopic (exact) mass is 221 g/mol. The van der Waals surface area contributed by atoms with Crippen molar-refractivity contribution in [1.82, 2.24) is 0 Å². The van der Waals surface area contributed by atoms with E-state index >= 15 is 0 Å². The quantitative estimate of drug-likeness (QED) is 0.552. The molecule has 0 aromatic heterocycles. The minimum atomic E-state index is -1.56. The number of rotatable bonds is 2. The number of hydrogen-bond donors (Lipinski definition) is 2. The maximum atomic E-state index is 11.3. The first-order valence-corrected chi connectivity index (χ1v) is 4.43. The van der Waals surface area contributed by atoms with E-state index in [-0.39, 0.29) is 23.8 Å². The number of benzene rings is 1. The van der Waals surface area contributed by atoms with Crippen LogP contribution >= 0.6 is 0 Å². The van der Waals surface area contributed by atoms with Crippen LogP contribution in [0.15, 0.2) is 18.2 Å². The number of nitrogens with one attached hydrogen (secondary N) is 1. The van der Waals surface area contributed by atoms with Crippen LogP contribution in [0.2, 0.25) is 0 Å². The molecule has 1 aliphatic heterocycles. The Bertz CT molecular complexity index is 494. The third-order valence-corrected chi connectivity index (χ3v) is 2.08.